The van der Waals surface area contributed by atoms with Crippen LogP contribution < -0.4 is 10.1 Å². The molecule has 0 saturated heterocycles. The predicted molar refractivity (Wildman–Crippen MR) is 129 cm³/mol. The molecule has 0 aromatic heterocycles. The highest BCUT2D eigenvalue weighted by Crippen LogP contribution is 2.25. The summed E-state index contributed by atoms with van der Waals surface area (Å²) >= 11 is 0. The highest BCUT2D eigenvalue weighted by Gasteiger charge is 2.21. The Bertz CT molecular complexity index is 1160. The molecule has 4 rings (SSSR count). The van der Waals surface area contributed by atoms with Crippen LogP contribution in [-0.4, -0.2) is 37.2 Å². The second-order valence-electron chi connectivity index (χ2n) is 8.19. The molecule has 3 aromatic rings. The fourth-order valence-electron chi connectivity index (χ4n) is 3.73. The third-order valence-corrected chi connectivity index (χ3v) is 5.59. The fourth-order valence-corrected chi connectivity index (χ4v) is 3.73. The van der Waals surface area contributed by atoms with E-state index >= 15 is 0 Å². The molecule has 34 heavy (non-hydrogen) atoms. The molecule has 0 bridgehead atoms. The van der Waals surface area contributed by atoms with Gasteiger partial charge in [-0.15, -0.1) is 0 Å². The molecule has 1 heterocycles. The molecule has 0 aliphatic carbocycles. The lowest BCUT2D eigenvalue weighted by atomic mass is 10.1. The predicted octanol–water partition coefficient (Wildman–Crippen LogP) is 4.92. The Morgan fingerprint density at radius 3 is 2.56 bits per heavy atom. The molecule has 0 fully saturated rings. The van der Waals surface area contributed by atoms with Gasteiger partial charge in [-0.25, -0.2) is 9.59 Å². The molecule has 0 saturated carbocycles. The van der Waals surface area contributed by atoms with Crippen LogP contribution in [0.5, 0.6) is 5.75 Å². The van der Waals surface area contributed by atoms with Crippen molar-refractivity contribution in [3.05, 3.63) is 94.5 Å². The monoisotopic (exact) mass is 460 g/mol. The van der Waals surface area contributed by atoms with Crippen molar-refractivity contribution >= 4 is 17.7 Å². The summed E-state index contributed by atoms with van der Waals surface area (Å²) < 4.78 is 16.5. The summed E-state index contributed by atoms with van der Waals surface area (Å²) in [4.78, 5) is 26.4. The molecule has 7 heteroatoms. The van der Waals surface area contributed by atoms with Gasteiger partial charge in [0.05, 0.1) is 39.0 Å². The molecule has 1 N–H and O–H groups in total. The molecule has 0 atom stereocenters. The van der Waals surface area contributed by atoms with Crippen LogP contribution in [0.4, 0.5) is 10.5 Å². The minimum atomic E-state index is -0.453. The topological polar surface area (TPSA) is 77.1 Å². The Labute approximate surface area is 199 Å². The summed E-state index contributed by atoms with van der Waals surface area (Å²) in [5.74, 6) is 0.315. The van der Waals surface area contributed by atoms with Gasteiger partial charge in [-0.1, -0.05) is 42.0 Å². The van der Waals surface area contributed by atoms with Gasteiger partial charge in [-0.3, -0.25) is 0 Å². The first-order chi connectivity index (χ1) is 16.5. The first-order valence-corrected chi connectivity index (χ1v) is 11.1. The van der Waals surface area contributed by atoms with Crippen LogP contribution in [0.25, 0.3) is 0 Å². The average Bonchev–Trinajstić information content (AvgIpc) is 3.07. The van der Waals surface area contributed by atoms with Crippen LogP contribution >= 0.6 is 0 Å². The van der Waals surface area contributed by atoms with E-state index in [1.165, 1.54) is 12.7 Å². The summed E-state index contributed by atoms with van der Waals surface area (Å²) in [6, 6.07) is 20.6. The molecule has 7 nitrogen and oxygen atoms in total. The Balaban J connectivity index is 1.39. The molecular weight excluding hydrogens is 432 g/mol. The van der Waals surface area contributed by atoms with E-state index in [-0.39, 0.29) is 6.03 Å². The van der Waals surface area contributed by atoms with Gasteiger partial charge in [0.25, 0.3) is 0 Å². The van der Waals surface area contributed by atoms with E-state index in [0.717, 1.165) is 22.4 Å². The molecule has 0 unspecified atom stereocenters. The van der Waals surface area contributed by atoms with E-state index in [0.29, 0.717) is 44.2 Å². The molecule has 0 radical (unpaired) electrons. The number of benzene rings is 3. The summed E-state index contributed by atoms with van der Waals surface area (Å²) in [5, 5.41) is 2.86. The maximum absolute atomic E-state index is 12.9. The largest absolute Gasteiger partial charge is 0.491 e. The fraction of sp³-hybridized carbons (Fsp3) is 0.259. The Hall–Kier alpha value is -3.84. The number of methoxy groups -OCH3 is 1. The van der Waals surface area contributed by atoms with Crippen LogP contribution in [0.2, 0.25) is 0 Å². The third kappa shape index (κ3) is 5.94. The van der Waals surface area contributed by atoms with Crippen molar-refractivity contribution in [2.75, 3.05) is 25.6 Å². The first kappa shape index (κ1) is 23.3. The number of carbonyl (C=O) groups is 2. The molecule has 1 aliphatic heterocycles. The van der Waals surface area contributed by atoms with Crippen LogP contribution in [0.1, 0.15) is 32.6 Å². The number of ether oxygens (including phenoxy) is 3. The molecular formula is C27H28N2O5. The minimum absolute atomic E-state index is 0.264. The standard InChI is InChI=1S/C27H28N2O5/c1-19-6-8-20(9-7-19)17-33-18-21-10-11-25-23(14-21)16-29(12-13-34-25)27(31)28-24-5-3-4-22(15-24)26(30)32-2/h3-11,14-15H,12-13,16-18H2,1-2H3,(H,28,31). The maximum atomic E-state index is 12.9. The molecule has 3 aromatic carbocycles. The van der Waals surface area contributed by atoms with E-state index in [1.807, 2.05) is 18.2 Å². The van der Waals surface area contributed by atoms with E-state index in [2.05, 4.69) is 36.5 Å². The van der Waals surface area contributed by atoms with E-state index in [4.69, 9.17) is 14.2 Å². The third-order valence-electron chi connectivity index (χ3n) is 5.59. The summed E-state index contributed by atoms with van der Waals surface area (Å²) in [6.45, 7) is 4.30. The van der Waals surface area contributed by atoms with Crippen molar-refractivity contribution in [2.24, 2.45) is 0 Å². The van der Waals surface area contributed by atoms with E-state index in [9.17, 15) is 9.59 Å². The lowest BCUT2D eigenvalue weighted by Crippen LogP contribution is -2.36. The molecule has 176 valence electrons. The summed E-state index contributed by atoms with van der Waals surface area (Å²) in [5.41, 5.74) is 5.19. The second kappa shape index (κ2) is 10.9. The number of esters is 1. The van der Waals surface area contributed by atoms with Crippen molar-refractivity contribution in [3.8, 4) is 5.75 Å². The number of rotatable bonds is 6. The molecule has 0 spiro atoms. The van der Waals surface area contributed by atoms with Crippen molar-refractivity contribution < 1.29 is 23.8 Å². The van der Waals surface area contributed by atoms with Crippen molar-refractivity contribution in [1.29, 1.82) is 0 Å². The number of nitrogens with one attached hydrogen (secondary N) is 1. The second-order valence-corrected chi connectivity index (χ2v) is 8.19. The average molecular weight is 461 g/mol. The Morgan fingerprint density at radius 1 is 1.00 bits per heavy atom. The van der Waals surface area contributed by atoms with Gasteiger partial charge in [0.1, 0.15) is 12.4 Å². The lowest BCUT2D eigenvalue weighted by Gasteiger charge is -2.21. The van der Waals surface area contributed by atoms with Gasteiger partial charge < -0.3 is 24.4 Å². The van der Waals surface area contributed by atoms with Gasteiger partial charge in [0, 0.05) is 11.3 Å². The quantitative estimate of drug-likeness (QED) is 0.528. The number of hydrogen-bond acceptors (Lipinski definition) is 5. The van der Waals surface area contributed by atoms with E-state index < -0.39 is 5.97 Å². The van der Waals surface area contributed by atoms with Crippen LogP contribution in [0.3, 0.4) is 0 Å². The zero-order chi connectivity index (χ0) is 23.9. The lowest BCUT2D eigenvalue weighted by molar-refractivity contribution is 0.0600. The van der Waals surface area contributed by atoms with Crippen LogP contribution in [-0.2, 0) is 29.2 Å². The number of carbonyl (C=O) groups excluding carboxylic acids is 2. The number of aryl methyl sites for hydroxylation is 1. The van der Waals surface area contributed by atoms with Gasteiger partial charge in [-0.2, -0.15) is 0 Å². The van der Waals surface area contributed by atoms with Gasteiger partial charge in [-0.05, 0) is 48.4 Å². The summed E-state index contributed by atoms with van der Waals surface area (Å²) in [7, 11) is 1.32. The van der Waals surface area contributed by atoms with Crippen molar-refractivity contribution in [2.45, 2.75) is 26.7 Å². The maximum Gasteiger partial charge on any atom is 0.337 e. The molecule has 1 aliphatic rings. The Kier molecular flexibility index (Phi) is 7.44. The van der Waals surface area contributed by atoms with Crippen LogP contribution in [0.15, 0.2) is 66.7 Å². The van der Waals surface area contributed by atoms with Gasteiger partial charge in [0.2, 0.25) is 0 Å². The van der Waals surface area contributed by atoms with Gasteiger partial charge in [0.15, 0.2) is 0 Å². The number of fused-ring (bicyclic) bond motifs is 1. The highest BCUT2D eigenvalue weighted by atomic mass is 16.5. The SMILES string of the molecule is COC(=O)c1cccc(NC(=O)N2CCOc3ccc(COCc4ccc(C)cc4)cc3C2)c1. The summed E-state index contributed by atoms with van der Waals surface area (Å²) in [6.07, 6.45) is 0. The number of urea groups is 1. The first-order valence-electron chi connectivity index (χ1n) is 11.1. The number of hydrogen-bond donors (Lipinski definition) is 1. The van der Waals surface area contributed by atoms with Crippen molar-refractivity contribution in [1.82, 2.24) is 4.90 Å². The van der Waals surface area contributed by atoms with Crippen molar-refractivity contribution in [3.63, 3.8) is 0 Å². The smallest absolute Gasteiger partial charge is 0.337 e. The Morgan fingerprint density at radius 2 is 1.76 bits per heavy atom. The zero-order valence-corrected chi connectivity index (χ0v) is 19.4. The minimum Gasteiger partial charge on any atom is -0.491 e. The number of amides is 2. The number of nitrogens with zero attached hydrogens (tertiary/aromatic N) is 1. The van der Waals surface area contributed by atoms with Crippen LogP contribution in [0, 0.1) is 6.92 Å². The number of anilines is 1. The van der Waals surface area contributed by atoms with Gasteiger partial charge >= 0.3 is 12.0 Å². The van der Waals surface area contributed by atoms with E-state index in [1.54, 1.807) is 29.2 Å². The highest BCUT2D eigenvalue weighted by molar-refractivity contribution is 5.94. The molecule has 2 amide bonds. The normalized spacial score (nSPS) is 12.8. The zero-order valence-electron chi connectivity index (χ0n) is 19.4.